The van der Waals surface area contributed by atoms with Crippen LogP contribution in [-0.2, 0) is 6.42 Å². The van der Waals surface area contributed by atoms with Crippen molar-refractivity contribution in [1.29, 1.82) is 0 Å². The molecule has 0 spiro atoms. The van der Waals surface area contributed by atoms with E-state index in [1.165, 1.54) is 30.8 Å². The standard InChI is InChI=1S/C11H19N3OS/c1-3-5-6-7-8-12-11(15)10-9(4-2)13-14-16-10/h3-8H2,1-2H3,(H,12,15). The number of hydrogen-bond donors (Lipinski definition) is 1. The molecule has 0 saturated heterocycles. The van der Waals surface area contributed by atoms with Gasteiger partial charge in [-0.3, -0.25) is 4.79 Å². The fourth-order valence-corrected chi connectivity index (χ4v) is 2.11. The monoisotopic (exact) mass is 241 g/mol. The maximum Gasteiger partial charge on any atom is 0.264 e. The van der Waals surface area contributed by atoms with E-state index in [2.05, 4.69) is 21.8 Å². The van der Waals surface area contributed by atoms with Gasteiger partial charge in [-0.2, -0.15) is 0 Å². The van der Waals surface area contributed by atoms with Crippen LogP contribution in [0.25, 0.3) is 0 Å². The summed E-state index contributed by atoms with van der Waals surface area (Å²) in [4.78, 5) is 12.4. The fraction of sp³-hybridized carbons (Fsp3) is 0.727. The molecule has 0 radical (unpaired) electrons. The molecule has 4 nitrogen and oxygen atoms in total. The third-order valence-electron chi connectivity index (χ3n) is 2.41. The molecular weight excluding hydrogens is 222 g/mol. The Kier molecular flexibility index (Phi) is 6.00. The van der Waals surface area contributed by atoms with Crippen molar-refractivity contribution in [3.05, 3.63) is 10.6 Å². The molecule has 0 saturated carbocycles. The number of carbonyl (C=O) groups excluding carboxylic acids is 1. The zero-order valence-electron chi connectivity index (χ0n) is 9.95. The van der Waals surface area contributed by atoms with Gasteiger partial charge in [0.25, 0.3) is 5.91 Å². The van der Waals surface area contributed by atoms with Gasteiger partial charge in [0.2, 0.25) is 0 Å². The van der Waals surface area contributed by atoms with Gasteiger partial charge in [-0.15, -0.1) is 5.10 Å². The van der Waals surface area contributed by atoms with E-state index in [1.807, 2.05) is 6.92 Å². The molecule has 0 aromatic carbocycles. The van der Waals surface area contributed by atoms with Crippen molar-refractivity contribution in [3.63, 3.8) is 0 Å². The summed E-state index contributed by atoms with van der Waals surface area (Å²) in [5.74, 6) is -0.0247. The van der Waals surface area contributed by atoms with Crippen LogP contribution < -0.4 is 5.32 Å². The highest BCUT2D eigenvalue weighted by molar-refractivity contribution is 7.08. The number of rotatable bonds is 7. The zero-order valence-corrected chi connectivity index (χ0v) is 10.8. The molecule has 16 heavy (non-hydrogen) atoms. The van der Waals surface area contributed by atoms with Crippen molar-refractivity contribution < 1.29 is 4.79 Å². The Morgan fingerprint density at radius 3 is 2.81 bits per heavy atom. The van der Waals surface area contributed by atoms with Crippen LogP contribution in [-0.4, -0.2) is 22.0 Å². The third kappa shape index (κ3) is 3.89. The van der Waals surface area contributed by atoms with Gasteiger partial charge in [0.1, 0.15) is 4.88 Å². The molecule has 5 heteroatoms. The van der Waals surface area contributed by atoms with Gasteiger partial charge in [-0.05, 0) is 24.4 Å². The lowest BCUT2D eigenvalue weighted by molar-refractivity contribution is 0.0956. The molecule has 0 aliphatic rings. The average molecular weight is 241 g/mol. The van der Waals surface area contributed by atoms with Gasteiger partial charge in [0, 0.05) is 6.54 Å². The SMILES string of the molecule is CCCCCCNC(=O)c1snnc1CC. The first-order valence-electron chi connectivity index (χ1n) is 5.89. The number of nitrogens with zero attached hydrogens (tertiary/aromatic N) is 2. The number of aryl methyl sites for hydroxylation is 1. The summed E-state index contributed by atoms with van der Waals surface area (Å²) in [6, 6.07) is 0. The van der Waals surface area contributed by atoms with Crippen LogP contribution in [0, 0.1) is 0 Å². The number of hydrogen-bond acceptors (Lipinski definition) is 4. The highest BCUT2D eigenvalue weighted by Gasteiger charge is 2.13. The van der Waals surface area contributed by atoms with E-state index in [-0.39, 0.29) is 5.91 Å². The van der Waals surface area contributed by atoms with E-state index in [1.54, 1.807) is 0 Å². The van der Waals surface area contributed by atoms with Gasteiger partial charge in [0.05, 0.1) is 5.69 Å². The number of unbranched alkanes of at least 4 members (excludes halogenated alkanes) is 3. The van der Waals surface area contributed by atoms with Crippen LogP contribution in [0.5, 0.6) is 0 Å². The minimum Gasteiger partial charge on any atom is -0.351 e. The quantitative estimate of drug-likeness (QED) is 0.746. The van der Waals surface area contributed by atoms with Crippen molar-refractivity contribution in [2.24, 2.45) is 0 Å². The minimum absolute atomic E-state index is 0.0247. The van der Waals surface area contributed by atoms with Crippen molar-refractivity contribution in [2.45, 2.75) is 46.0 Å². The molecule has 0 aliphatic carbocycles. The number of carbonyl (C=O) groups is 1. The van der Waals surface area contributed by atoms with Crippen molar-refractivity contribution in [3.8, 4) is 0 Å². The van der Waals surface area contributed by atoms with Gasteiger partial charge in [0.15, 0.2) is 0 Å². The molecule has 1 rings (SSSR count). The molecule has 0 fully saturated rings. The molecule has 1 heterocycles. The van der Waals surface area contributed by atoms with Gasteiger partial charge >= 0.3 is 0 Å². The second-order valence-corrected chi connectivity index (χ2v) is 4.47. The van der Waals surface area contributed by atoms with Crippen LogP contribution in [0.1, 0.15) is 54.9 Å². The Labute approximate surface area is 101 Å². The molecule has 1 aromatic rings. The third-order valence-corrected chi connectivity index (χ3v) is 3.18. The lowest BCUT2D eigenvalue weighted by Gasteiger charge is -2.03. The number of nitrogens with one attached hydrogen (secondary N) is 1. The summed E-state index contributed by atoms with van der Waals surface area (Å²) >= 11 is 1.18. The largest absolute Gasteiger partial charge is 0.351 e. The lowest BCUT2D eigenvalue weighted by atomic mass is 10.2. The van der Waals surface area contributed by atoms with Gasteiger partial charge in [-0.25, -0.2) is 0 Å². The molecule has 1 aromatic heterocycles. The average Bonchev–Trinajstić information content (AvgIpc) is 2.76. The highest BCUT2D eigenvalue weighted by Crippen LogP contribution is 2.10. The Balaban J connectivity index is 2.30. The van der Waals surface area contributed by atoms with E-state index in [4.69, 9.17) is 0 Å². The first kappa shape index (κ1) is 13.1. The summed E-state index contributed by atoms with van der Waals surface area (Å²) in [6.07, 6.45) is 5.44. The van der Waals surface area contributed by atoms with Crippen LogP contribution in [0.3, 0.4) is 0 Å². The predicted molar refractivity (Wildman–Crippen MR) is 65.8 cm³/mol. The topological polar surface area (TPSA) is 54.9 Å². The Morgan fingerprint density at radius 1 is 1.31 bits per heavy atom. The molecular formula is C11H19N3OS. The molecule has 1 amide bonds. The number of aromatic nitrogens is 2. The second kappa shape index (κ2) is 7.33. The smallest absolute Gasteiger partial charge is 0.264 e. The maximum atomic E-state index is 11.7. The lowest BCUT2D eigenvalue weighted by Crippen LogP contribution is -2.24. The molecule has 0 bridgehead atoms. The van der Waals surface area contributed by atoms with Crippen LogP contribution in [0.15, 0.2) is 0 Å². The fourth-order valence-electron chi connectivity index (χ4n) is 1.45. The molecule has 0 unspecified atom stereocenters. The van der Waals surface area contributed by atoms with Gasteiger partial charge in [-0.1, -0.05) is 37.6 Å². The van der Waals surface area contributed by atoms with Gasteiger partial charge < -0.3 is 5.32 Å². The summed E-state index contributed by atoms with van der Waals surface area (Å²) in [7, 11) is 0. The molecule has 0 aliphatic heterocycles. The minimum atomic E-state index is -0.0247. The van der Waals surface area contributed by atoms with Crippen molar-refractivity contribution >= 4 is 17.4 Å². The summed E-state index contributed by atoms with van der Waals surface area (Å²) in [6.45, 7) is 4.91. The van der Waals surface area contributed by atoms with Crippen molar-refractivity contribution in [2.75, 3.05) is 6.54 Å². The first-order chi connectivity index (χ1) is 7.79. The van der Waals surface area contributed by atoms with Crippen LogP contribution in [0.2, 0.25) is 0 Å². The summed E-state index contributed by atoms with van der Waals surface area (Å²) in [5, 5.41) is 6.83. The van der Waals surface area contributed by atoms with Crippen LogP contribution in [0.4, 0.5) is 0 Å². The molecule has 1 N–H and O–H groups in total. The second-order valence-electron chi connectivity index (χ2n) is 3.72. The molecule has 0 atom stereocenters. The van der Waals surface area contributed by atoms with Crippen LogP contribution >= 0.6 is 11.5 Å². The van der Waals surface area contributed by atoms with E-state index in [0.29, 0.717) is 4.88 Å². The predicted octanol–water partition coefficient (Wildman–Crippen LogP) is 2.41. The summed E-state index contributed by atoms with van der Waals surface area (Å²) in [5.41, 5.74) is 0.802. The first-order valence-corrected chi connectivity index (χ1v) is 6.66. The molecule has 90 valence electrons. The van der Waals surface area contributed by atoms with E-state index < -0.39 is 0 Å². The normalized spacial score (nSPS) is 10.4. The van der Waals surface area contributed by atoms with E-state index >= 15 is 0 Å². The Hall–Kier alpha value is -0.970. The summed E-state index contributed by atoms with van der Waals surface area (Å²) < 4.78 is 3.80. The zero-order chi connectivity index (χ0) is 11.8. The van der Waals surface area contributed by atoms with Crippen molar-refractivity contribution in [1.82, 2.24) is 14.9 Å². The highest BCUT2D eigenvalue weighted by atomic mass is 32.1. The Bertz CT molecular complexity index is 325. The Morgan fingerprint density at radius 2 is 2.12 bits per heavy atom. The van der Waals surface area contributed by atoms with E-state index in [0.717, 1.165) is 25.1 Å². The number of amides is 1. The van der Waals surface area contributed by atoms with E-state index in [9.17, 15) is 4.79 Å². The maximum absolute atomic E-state index is 11.7.